The number of para-hydroxylation sites is 2. The van der Waals surface area contributed by atoms with Crippen LogP contribution in [0.5, 0.6) is 0 Å². The number of morpholine rings is 1. The molecule has 1 aliphatic heterocycles. The first kappa shape index (κ1) is 16.0. The molecule has 1 aliphatic carbocycles. The number of carbonyl (C=O) groups excluding carboxylic acids is 1. The average Bonchev–Trinajstić information content (AvgIpc) is 3.50. The van der Waals surface area contributed by atoms with Crippen LogP contribution in [0, 0.1) is 5.92 Å². The van der Waals surface area contributed by atoms with Crippen LogP contribution in [0.1, 0.15) is 12.8 Å². The van der Waals surface area contributed by atoms with Crippen LogP contribution in [0.15, 0.2) is 48.5 Å². The Kier molecular flexibility index (Phi) is 4.57. The van der Waals surface area contributed by atoms with Crippen molar-refractivity contribution in [3.63, 3.8) is 0 Å². The van der Waals surface area contributed by atoms with Gasteiger partial charge in [0, 0.05) is 30.4 Å². The third kappa shape index (κ3) is 3.94. The fourth-order valence-electron chi connectivity index (χ4n) is 3.04. The van der Waals surface area contributed by atoms with E-state index >= 15 is 0 Å². The summed E-state index contributed by atoms with van der Waals surface area (Å²) in [4.78, 5) is 14.2. The van der Waals surface area contributed by atoms with Crippen molar-refractivity contribution in [1.82, 2.24) is 0 Å². The molecule has 5 nitrogen and oxygen atoms in total. The van der Waals surface area contributed by atoms with E-state index in [0.717, 1.165) is 56.2 Å². The molecule has 2 aliphatic rings. The Morgan fingerprint density at radius 2 is 1.64 bits per heavy atom. The van der Waals surface area contributed by atoms with E-state index in [2.05, 4.69) is 33.7 Å². The molecule has 2 fully saturated rings. The fourth-order valence-corrected chi connectivity index (χ4v) is 3.04. The molecule has 0 atom stereocenters. The summed E-state index contributed by atoms with van der Waals surface area (Å²) < 4.78 is 5.45. The van der Waals surface area contributed by atoms with Crippen LogP contribution in [-0.2, 0) is 9.53 Å². The highest BCUT2D eigenvalue weighted by atomic mass is 16.5. The summed E-state index contributed by atoms with van der Waals surface area (Å²) in [6.07, 6.45) is 2.04. The molecular weight excluding hydrogens is 314 g/mol. The zero-order chi connectivity index (χ0) is 17.1. The summed E-state index contributed by atoms with van der Waals surface area (Å²) in [5.41, 5.74) is 4.13. The van der Waals surface area contributed by atoms with Crippen molar-refractivity contribution in [2.75, 3.05) is 41.8 Å². The van der Waals surface area contributed by atoms with Gasteiger partial charge in [-0.1, -0.05) is 12.1 Å². The van der Waals surface area contributed by atoms with Gasteiger partial charge in [-0.05, 0) is 49.2 Å². The van der Waals surface area contributed by atoms with Crippen molar-refractivity contribution < 1.29 is 9.53 Å². The molecule has 0 bridgehead atoms. The summed E-state index contributed by atoms with van der Waals surface area (Å²) >= 11 is 0. The van der Waals surface area contributed by atoms with Crippen LogP contribution >= 0.6 is 0 Å². The van der Waals surface area contributed by atoms with Crippen LogP contribution in [0.4, 0.5) is 22.7 Å². The third-order valence-corrected chi connectivity index (χ3v) is 4.64. The number of ether oxygens (including phenoxy) is 1. The average molecular weight is 337 g/mol. The maximum atomic E-state index is 11.8. The van der Waals surface area contributed by atoms with Crippen molar-refractivity contribution in [2.24, 2.45) is 5.92 Å². The largest absolute Gasteiger partial charge is 0.378 e. The maximum Gasteiger partial charge on any atom is 0.227 e. The molecule has 25 heavy (non-hydrogen) atoms. The second kappa shape index (κ2) is 7.15. The second-order valence-corrected chi connectivity index (χ2v) is 6.58. The summed E-state index contributed by atoms with van der Waals surface area (Å²) in [6.45, 7) is 3.35. The molecule has 0 aromatic heterocycles. The number of hydrogen-bond donors (Lipinski definition) is 2. The highest BCUT2D eigenvalue weighted by Crippen LogP contribution is 2.31. The van der Waals surface area contributed by atoms with Gasteiger partial charge in [-0.3, -0.25) is 4.79 Å². The van der Waals surface area contributed by atoms with E-state index in [4.69, 9.17) is 4.74 Å². The monoisotopic (exact) mass is 337 g/mol. The first-order valence-electron chi connectivity index (χ1n) is 8.89. The quantitative estimate of drug-likeness (QED) is 0.875. The van der Waals surface area contributed by atoms with Gasteiger partial charge in [0.15, 0.2) is 0 Å². The highest BCUT2D eigenvalue weighted by molar-refractivity contribution is 5.94. The van der Waals surface area contributed by atoms with Crippen LogP contribution < -0.4 is 15.5 Å². The predicted molar refractivity (Wildman–Crippen MR) is 101 cm³/mol. The Balaban J connectivity index is 1.45. The van der Waals surface area contributed by atoms with Gasteiger partial charge >= 0.3 is 0 Å². The van der Waals surface area contributed by atoms with E-state index in [1.54, 1.807) is 0 Å². The lowest BCUT2D eigenvalue weighted by atomic mass is 10.2. The van der Waals surface area contributed by atoms with Gasteiger partial charge in [0.25, 0.3) is 0 Å². The number of nitrogens with one attached hydrogen (secondary N) is 2. The van der Waals surface area contributed by atoms with Crippen molar-refractivity contribution in [3.05, 3.63) is 48.5 Å². The molecule has 1 amide bonds. The Morgan fingerprint density at radius 3 is 2.36 bits per heavy atom. The van der Waals surface area contributed by atoms with Gasteiger partial charge in [-0.2, -0.15) is 0 Å². The predicted octanol–water partition coefficient (Wildman–Crippen LogP) is 3.62. The summed E-state index contributed by atoms with van der Waals surface area (Å²) in [5.74, 6) is 0.358. The molecule has 1 saturated heterocycles. The minimum absolute atomic E-state index is 0.137. The van der Waals surface area contributed by atoms with Gasteiger partial charge in [-0.15, -0.1) is 0 Å². The first-order chi connectivity index (χ1) is 12.3. The fraction of sp³-hybridized carbons (Fsp3) is 0.350. The lowest BCUT2D eigenvalue weighted by Gasteiger charge is -2.30. The SMILES string of the molecule is O=C(Nc1ccc(Nc2ccccc2N2CCOCC2)cc1)C1CC1. The summed E-state index contributed by atoms with van der Waals surface area (Å²) in [6, 6.07) is 16.2. The Morgan fingerprint density at radius 1 is 0.960 bits per heavy atom. The first-order valence-corrected chi connectivity index (χ1v) is 8.89. The van der Waals surface area contributed by atoms with Gasteiger partial charge in [0.1, 0.15) is 0 Å². The molecular formula is C20H23N3O2. The number of nitrogens with zero attached hydrogens (tertiary/aromatic N) is 1. The number of carbonyl (C=O) groups is 1. The molecule has 2 aromatic carbocycles. The van der Waals surface area contributed by atoms with Crippen molar-refractivity contribution >= 4 is 28.7 Å². The molecule has 0 unspecified atom stereocenters. The minimum Gasteiger partial charge on any atom is -0.378 e. The van der Waals surface area contributed by atoms with E-state index in [-0.39, 0.29) is 11.8 Å². The van der Waals surface area contributed by atoms with Gasteiger partial charge in [-0.25, -0.2) is 0 Å². The highest BCUT2D eigenvalue weighted by Gasteiger charge is 2.29. The van der Waals surface area contributed by atoms with Gasteiger partial charge in [0.05, 0.1) is 24.6 Å². The number of hydrogen-bond acceptors (Lipinski definition) is 4. The number of anilines is 4. The smallest absolute Gasteiger partial charge is 0.227 e. The van der Waals surface area contributed by atoms with E-state index in [9.17, 15) is 4.79 Å². The van der Waals surface area contributed by atoms with Crippen LogP contribution in [0.25, 0.3) is 0 Å². The molecule has 1 heterocycles. The van der Waals surface area contributed by atoms with Gasteiger partial charge < -0.3 is 20.3 Å². The topological polar surface area (TPSA) is 53.6 Å². The Labute approximate surface area is 148 Å². The number of amides is 1. The van der Waals surface area contributed by atoms with E-state index < -0.39 is 0 Å². The molecule has 0 radical (unpaired) electrons. The standard InChI is InChI=1S/C20H23N3O2/c24-20(15-5-6-15)22-17-9-7-16(8-10-17)21-18-3-1-2-4-19(18)23-11-13-25-14-12-23/h1-4,7-10,15,21H,5-6,11-14H2,(H,22,24). The number of rotatable bonds is 5. The van der Waals surface area contributed by atoms with Crippen molar-refractivity contribution in [3.8, 4) is 0 Å². The van der Waals surface area contributed by atoms with E-state index in [1.165, 1.54) is 5.69 Å². The lowest BCUT2D eigenvalue weighted by Crippen LogP contribution is -2.36. The summed E-state index contributed by atoms with van der Waals surface area (Å²) in [7, 11) is 0. The van der Waals surface area contributed by atoms with Crippen LogP contribution in [0.3, 0.4) is 0 Å². The molecule has 4 rings (SSSR count). The normalized spacial score (nSPS) is 17.2. The zero-order valence-electron chi connectivity index (χ0n) is 14.2. The summed E-state index contributed by atoms with van der Waals surface area (Å²) in [5, 5.41) is 6.46. The molecule has 130 valence electrons. The molecule has 2 N–H and O–H groups in total. The van der Waals surface area contributed by atoms with Crippen molar-refractivity contribution in [2.45, 2.75) is 12.8 Å². The van der Waals surface area contributed by atoms with E-state index in [1.807, 2.05) is 30.3 Å². The number of benzene rings is 2. The van der Waals surface area contributed by atoms with E-state index in [0.29, 0.717) is 0 Å². The second-order valence-electron chi connectivity index (χ2n) is 6.58. The third-order valence-electron chi connectivity index (χ3n) is 4.64. The Bertz CT molecular complexity index is 735. The minimum atomic E-state index is 0.137. The maximum absolute atomic E-state index is 11.8. The zero-order valence-corrected chi connectivity index (χ0v) is 14.2. The molecule has 0 spiro atoms. The van der Waals surface area contributed by atoms with Crippen LogP contribution in [-0.4, -0.2) is 32.2 Å². The molecule has 2 aromatic rings. The molecule has 1 saturated carbocycles. The van der Waals surface area contributed by atoms with Crippen LogP contribution in [0.2, 0.25) is 0 Å². The molecule has 5 heteroatoms. The lowest BCUT2D eigenvalue weighted by molar-refractivity contribution is -0.117. The van der Waals surface area contributed by atoms with Crippen molar-refractivity contribution in [1.29, 1.82) is 0 Å². The van der Waals surface area contributed by atoms with Gasteiger partial charge in [0.2, 0.25) is 5.91 Å². The Hall–Kier alpha value is -2.53.